The van der Waals surface area contributed by atoms with E-state index in [1.807, 2.05) is 52.9 Å². The van der Waals surface area contributed by atoms with Crippen LogP contribution in [0.15, 0.2) is 53.9 Å². The molecule has 0 fully saturated rings. The number of carbonyl (C=O) groups is 1. The Kier molecular flexibility index (Phi) is 11.8. The zero-order valence-corrected chi connectivity index (χ0v) is 34.6. The summed E-state index contributed by atoms with van der Waals surface area (Å²) in [7, 11) is 0. The predicted octanol–water partition coefficient (Wildman–Crippen LogP) is 13.0. The fourth-order valence-electron chi connectivity index (χ4n) is 5.81. The van der Waals surface area contributed by atoms with Crippen LogP contribution in [-0.2, 0) is 30.3 Å². The average molecular weight is 876 g/mol. The second-order valence-electron chi connectivity index (χ2n) is 14.2. The number of benzene rings is 2. The molecule has 0 saturated heterocycles. The molecule has 1 radical (unpaired) electrons. The van der Waals surface area contributed by atoms with Gasteiger partial charge in [-0.1, -0.05) is 73.4 Å². The fourth-order valence-corrected chi connectivity index (χ4v) is 9.02. The SMILES string of the molecule is CCC(C)(CC)C(=O)/C=C(\O)C(C)(CC)CC.Cc1cc2cc3sc4c(-c5[c-]c6ccsc6c(C(C)(C)C)c5)ncnc4c3cc2s1.[Ir]. The second-order valence-corrected chi connectivity index (χ2v) is 17.4. The number of aliphatic hydroxyl groups is 1. The minimum absolute atomic E-state index is 0. The Morgan fingerprint density at radius 3 is 2.17 bits per heavy atom. The molecule has 2 aromatic carbocycles. The number of aliphatic hydroxyl groups excluding tert-OH is 1. The molecule has 6 aromatic rings. The largest absolute Gasteiger partial charge is 0.512 e. The van der Waals surface area contributed by atoms with Gasteiger partial charge in [0, 0.05) is 67.1 Å². The maximum absolute atomic E-state index is 12.2. The van der Waals surface area contributed by atoms with E-state index in [1.54, 1.807) is 29.0 Å². The molecule has 0 atom stereocenters. The van der Waals surface area contributed by atoms with Gasteiger partial charge in [-0.3, -0.25) is 9.78 Å². The van der Waals surface area contributed by atoms with Crippen LogP contribution in [0.4, 0.5) is 0 Å². The van der Waals surface area contributed by atoms with Gasteiger partial charge in [0.05, 0.1) is 5.52 Å². The molecule has 48 heavy (non-hydrogen) atoms. The Hall–Kier alpha value is -2.48. The molecule has 0 saturated carbocycles. The molecular formula is C40H47IrN2O2S3-. The van der Waals surface area contributed by atoms with E-state index in [9.17, 15) is 9.90 Å². The van der Waals surface area contributed by atoms with Crippen molar-refractivity contribution in [2.24, 2.45) is 10.8 Å². The number of carbonyl (C=O) groups excluding carboxylic acids is 1. The summed E-state index contributed by atoms with van der Waals surface area (Å²) in [6.07, 6.45) is 6.46. The normalized spacial score (nSPS) is 12.8. The van der Waals surface area contributed by atoms with Crippen molar-refractivity contribution in [3.05, 3.63) is 70.4 Å². The van der Waals surface area contributed by atoms with E-state index in [1.165, 1.54) is 46.8 Å². The maximum atomic E-state index is 12.2. The molecule has 0 aliphatic carbocycles. The van der Waals surface area contributed by atoms with Crippen molar-refractivity contribution in [2.45, 2.75) is 100 Å². The van der Waals surface area contributed by atoms with Gasteiger partial charge in [-0.05, 0) is 71.7 Å². The molecule has 4 heterocycles. The number of nitrogens with zero attached hydrogens (tertiary/aromatic N) is 2. The van der Waals surface area contributed by atoms with Crippen LogP contribution in [0.1, 0.15) is 98.4 Å². The van der Waals surface area contributed by atoms with Crippen molar-refractivity contribution >= 4 is 80.3 Å². The van der Waals surface area contributed by atoms with Crippen LogP contribution in [-0.4, -0.2) is 20.9 Å². The van der Waals surface area contributed by atoms with E-state index < -0.39 is 0 Å². The molecule has 8 heteroatoms. The number of hydrogen-bond acceptors (Lipinski definition) is 7. The van der Waals surface area contributed by atoms with Crippen molar-refractivity contribution in [1.82, 2.24) is 9.97 Å². The van der Waals surface area contributed by atoms with Gasteiger partial charge >= 0.3 is 0 Å². The van der Waals surface area contributed by atoms with Gasteiger partial charge in [0.25, 0.3) is 0 Å². The van der Waals surface area contributed by atoms with E-state index in [0.717, 1.165) is 47.2 Å². The maximum Gasteiger partial charge on any atom is 0.164 e. The van der Waals surface area contributed by atoms with Crippen LogP contribution in [0, 0.1) is 23.8 Å². The van der Waals surface area contributed by atoms with Crippen LogP contribution in [0.5, 0.6) is 0 Å². The average Bonchev–Trinajstić information content (AvgIpc) is 3.77. The number of fused-ring (bicyclic) bond motifs is 5. The minimum Gasteiger partial charge on any atom is -0.512 e. The van der Waals surface area contributed by atoms with Crippen LogP contribution < -0.4 is 0 Å². The second kappa shape index (κ2) is 14.8. The standard InChI is InChI=1S/C25H19N2S3.C15H28O2.Ir/c1-13-7-15-10-20-17(11-19(15)29-13)22-24(30-20)21(26-12-27-22)16-8-14-5-6-28-23(14)18(9-16)25(2,3)4;1-7-14(5,8-2)12(16)11-13(17)15(6,9-3)10-4;/h5-7,9-12H,1-4H3;11,16H,7-10H2,1-6H3;/q-1;;/b;12-11-;. The van der Waals surface area contributed by atoms with E-state index in [0.29, 0.717) is 0 Å². The zero-order chi connectivity index (χ0) is 34.3. The van der Waals surface area contributed by atoms with E-state index >= 15 is 0 Å². The quantitative estimate of drug-likeness (QED) is 0.0940. The molecule has 0 spiro atoms. The van der Waals surface area contributed by atoms with Gasteiger partial charge in [-0.2, -0.15) is 11.3 Å². The number of allylic oxidation sites excluding steroid dienone is 2. The Morgan fingerprint density at radius 2 is 1.54 bits per heavy atom. The summed E-state index contributed by atoms with van der Waals surface area (Å²) in [6.45, 7) is 21.1. The van der Waals surface area contributed by atoms with Crippen LogP contribution in [0.3, 0.4) is 0 Å². The summed E-state index contributed by atoms with van der Waals surface area (Å²) in [6, 6.07) is 15.0. The first-order valence-electron chi connectivity index (χ1n) is 16.6. The topological polar surface area (TPSA) is 63.1 Å². The summed E-state index contributed by atoms with van der Waals surface area (Å²) in [5, 5.41) is 16.0. The van der Waals surface area contributed by atoms with Crippen molar-refractivity contribution < 1.29 is 30.0 Å². The molecule has 0 bridgehead atoms. The third-order valence-corrected chi connectivity index (χ3v) is 13.3. The Balaban J connectivity index is 0.000000251. The van der Waals surface area contributed by atoms with Gasteiger partial charge in [0.1, 0.15) is 12.1 Å². The van der Waals surface area contributed by atoms with E-state index in [2.05, 4.69) is 74.5 Å². The third kappa shape index (κ3) is 7.34. The first-order chi connectivity index (χ1) is 22.2. The Morgan fingerprint density at radius 1 is 0.875 bits per heavy atom. The van der Waals surface area contributed by atoms with Gasteiger partial charge in [0.2, 0.25) is 0 Å². The summed E-state index contributed by atoms with van der Waals surface area (Å²) in [5.41, 5.74) is 3.89. The molecule has 0 aliphatic heterocycles. The smallest absolute Gasteiger partial charge is 0.164 e. The van der Waals surface area contributed by atoms with Crippen LogP contribution in [0.25, 0.3) is 51.7 Å². The van der Waals surface area contributed by atoms with Crippen LogP contribution in [0.2, 0.25) is 0 Å². The number of aromatic nitrogens is 2. The van der Waals surface area contributed by atoms with Gasteiger partial charge in [-0.15, -0.1) is 46.3 Å². The summed E-state index contributed by atoms with van der Waals surface area (Å²) in [4.78, 5) is 22.9. The Bertz CT molecular complexity index is 2100. The van der Waals surface area contributed by atoms with Crippen LogP contribution >= 0.6 is 34.0 Å². The number of rotatable bonds is 8. The summed E-state index contributed by atoms with van der Waals surface area (Å²) < 4.78 is 5.06. The number of aryl methyl sites for hydroxylation is 1. The van der Waals surface area contributed by atoms with Crippen molar-refractivity contribution in [1.29, 1.82) is 0 Å². The summed E-state index contributed by atoms with van der Waals surface area (Å²) >= 11 is 5.43. The molecule has 1 N–H and O–H groups in total. The first-order valence-corrected chi connectivity index (χ1v) is 19.2. The molecule has 0 aliphatic rings. The predicted molar refractivity (Wildman–Crippen MR) is 206 cm³/mol. The zero-order valence-electron chi connectivity index (χ0n) is 29.8. The Labute approximate surface area is 311 Å². The van der Waals surface area contributed by atoms with E-state index in [-0.39, 0.29) is 47.9 Å². The van der Waals surface area contributed by atoms with Gasteiger partial charge in [-0.25, -0.2) is 4.98 Å². The molecule has 0 unspecified atom stereocenters. The van der Waals surface area contributed by atoms with Crippen molar-refractivity contribution in [3.63, 3.8) is 0 Å². The molecule has 257 valence electrons. The summed E-state index contributed by atoms with van der Waals surface area (Å²) in [5.74, 6) is 0.286. The molecule has 4 aromatic heterocycles. The molecule has 6 rings (SSSR count). The van der Waals surface area contributed by atoms with Crippen molar-refractivity contribution in [2.75, 3.05) is 0 Å². The molecule has 4 nitrogen and oxygen atoms in total. The molecular weight excluding hydrogens is 829 g/mol. The third-order valence-electron chi connectivity index (χ3n) is 10.1. The monoisotopic (exact) mass is 876 g/mol. The number of thiophene rings is 3. The van der Waals surface area contributed by atoms with Crippen molar-refractivity contribution in [3.8, 4) is 11.3 Å². The van der Waals surface area contributed by atoms with E-state index in [4.69, 9.17) is 4.98 Å². The first kappa shape index (κ1) is 38.3. The van der Waals surface area contributed by atoms with Gasteiger partial charge in [0.15, 0.2) is 5.78 Å². The number of ketones is 1. The fraction of sp³-hybridized carbons (Fsp3) is 0.425. The molecule has 0 amide bonds. The number of hydrogen-bond donors (Lipinski definition) is 1. The minimum atomic E-state index is -0.337. The van der Waals surface area contributed by atoms with Gasteiger partial charge < -0.3 is 5.11 Å².